The Hall–Kier alpha value is -1.40. The number of thiazole rings is 1. The minimum atomic E-state index is -0.212. The van der Waals surface area contributed by atoms with Crippen LogP contribution in [0.3, 0.4) is 0 Å². The number of hydrogen-bond donors (Lipinski definition) is 2. The number of fused-ring (bicyclic) bond motifs is 1. The SMILES string of the molecule is C[C@H](CO)NC(=O)Cc1cn2ccsc2n1. The fourth-order valence-corrected chi connectivity index (χ4v) is 2.12. The first-order valence-corrected chi connectivity index (χ1v) is 5.88. The monoisotopic (exact) mass is 239 g/mol. The minimum absolute atomic E-state index is 0.0516. The zero-order valence-electron chi connectivity index (χ0n) is 8.88. The minimum Gasteiger partial charge on any atom is -0.394 e. The topological polar surface area (TPSA) is 66.6 Å². The molecule has 0 fully saturated rings. The highest BCUT2D eigenvalue weighted by Crippen LogP contribution is 2.11. The quantitative estimate of drug-likeness (QED) is 0.813. The molecule has 0 unspecified atom stereocenters. The summed E-state index contributed by atoms with van der Waals surface area (Å²) < 4.78 is 1.89. The van der Waals surface area contributed by atoms with Crippen LogP contribution in [0.5, 0.6) is 0 Å². The van der Waals surface area contributed by atoms with Gasteiger partial charge in [0.05, 0.1) is 18.7 Å². The van der Waals surface area contributed by atoms with Crippen LogP contribution < -0.4 is 5.32 Å². The van der Waals surface area contributed by atoms with Gasteiger partial charge in [0.2, 0.25) is 5.91 Å². The summed E-state index contributed by atoms with van der Waals surface area (Å²) in [5.41, 5.74) is 0.745. The molecule has 0 aliphatic heterocycles. The number of nitrogens with zero attached hydrogens (tertiary/aromatic N) is 2. The molecule has 0 aliphatic carbocycles. The maximum atomic E-state index is 11.5. The van der Waals surface area contributed by atoms with Gasteiger partial charge in [-0.2, -0.15) is 0 Å². The van der Waals surface area contributed by atoms with Gasteiger partial charge in [-0.05, 0) is 6.92 Å². The van der Waals surface area contributed by atoms with Crippen molar-refractivity contribution >= 4 is 22.2 Å². The van der Waals surface area contributed by atoms with Gasteiger partial charge >= 0.3 is 0 Å². The molecule has 1 atom stereocenters. The highest BCUT2D eigenvalue weighted by atomic mass is 32.1. The number of imidazole rings is 1. The van der Waals surface area contributed by atoms with E-state index >= 15 is 0 Å². The summed E-state index contributed by atoms with van der Waals surface area (Å²) >= 11 is 1.53. The van der Waals surface area contributed by atoms with E-state index in [1.54, 1.807) is 6.92 Å². The van der Waals surface area contributed by atoms with Crippen molar-refractivity contribution < 1.29 is 9.90 Å². The first-order valence-electron chi connectivity index (χ1n) is 5.00. The maximum absolute atomic E-state index is 11.5. The van der Waals surface area contributed by atoms with E-state index in [0.717, 1.165) is 10.7 Å². The lowest BCUT2D eigenvalue weighted by Gasteiger charge is -2.09. The van der Waals surface area contributed by atoms with Crippen LogP contribution >= 0.6 is 11.3 Å². The molecule has 2 rings (SSSR count). The van der Waals surface area contributed by atoms with Gasteiger partial charge in [-0.1, -0.05) is 0 Å². The molecule has 0 radical (unpaired) electrons. The van der Waals surface area contributed by atoms with Crippen molar-refractivity contribution in [3.63, 3.8) is 0 Å². The molecular formula is C10H13N3O2S. The molecule has 0 saturated carbocycles. The van der Waals surface area contributed by atoms with E-state index in [9.17, 15) is 4.79 Å². The van der Waals surface area contributed by atoms with Crippen LogP contribution in [0.4, 0.5) is 0 Å². The number of carbonyl (C=O) groups excluding carboxylic acids is 1. The second kappa shape index (κ2) is 4.63. The summed E-state index contributed by atoms with van der Waals surface area (Å²) in [5, 5.41) is 13.4. The molecule has 0 bridgehead atoms. The van der Waals surface area contributed by atoms with Crippen molar-refractivity contribution in [2.24, 2.45) is 0 Å². The molecule has 16 heavy (non-hydrogen) atoms. The number of amides is 1. The Morgan fingerprint density at radius 1 is 1.75 bits per heavy atom. The van der Waals surface area contributed by atoms with E-state index in [4.69, 9.17) is 5.11 Å². The summed E-state index contributed by atoms with van der Waals surface area (Å²) in [7, 11) is 0. The molecule has 6 heteroatoms. The van der Waals surface area contributed by atoms with E-state index in [1.807, 2.05) is 22.2 Å². The molecule has 0 spiro atoms. The van der Waals surface area contributed by atoms with Crippen LogP contribution in [0.15, 0.2) is 17.8 Å². The largest absolute Gasteiger partial charge is 0.394 e. The predicted octanol–water partition coefficient (Wildman–Crippen LogP) is 0.435. The number of aliphatic hydroxyl groups excluding tert-OH is 1. The van der Waals surface area contributed by atoms with Crippen molar-refractivity contribution in [3.05, 3.63) is 23.5 Å². The Morgan fingerprint density at radius 2 is 2.56 bits per heavy atom. The zero-order chi connectivity index (χ0) is 11.5. The smallest absolute Gasteiger partial charge is 0.226 e. The van der Waals surface area contributed by atoms with Gasteiger partial charge in [0.25, 0.3) is 0 Å². The van der Waals surface area contributed by atoms with Gasteiger partial charge in [0.15, 0.2) is 4.96 Å². The van der Waals surface area contributed by atoms with Crippen LogP contribution in [0, 0.1) is 0 Å². The predicted molar refractivity (Wildman–Crippen MR) is 61.5 cm³/mol. The van der Waals surface area contributed by atoms with Gasteiger partial charge in [0.1, 0.15) is 0 Å². The fraction of sp³-hybridized carbons (Fsp3) is 0.400. The standard InChI is InChI=1S/C10H13N3O2S/c1-7(6-14)11-9(15)4-8-5-13-2-3-16-10(13)12-8/h2-3,5,7,14H,4,6H2,1H3,(H,11,15)/t7-/m1/s1. The average Bonchev–Trinajstić information content (AvgIpc) is 2.77. The summed E-state index contributed by atoms with van der Waals surface area (Å²) in [6, 6.07) is -0.212. The summed E-state index contributed by atoms with van der Waals surface area (Å²) in [5.74, 6) is -0.118. The molecule has 2 N–H and O–H groups in total. The lowest BCUT2D eigenvalue weighted by molar-refractivity contribution is -0.121. The van der Waals surface area contributed by atoms with Gasteiger partial charge < -0.3 is 10.4 Å². The third-order valence-electron chi connectivity index (χ3n) is 2.17. The van der Waals surface area contributed by atoms with Crippen molar-refractivity contribution in [2.45, 2.75) is 19.4 Å². The first-order chi connectivity index (χ1) is 7.69. The van der Waals surface area contributed by atoms with Crippen LogP contribution in [-0.4, -0.2) is 33.0 Å². The molecule has 0 saturated heterocycles. The summed E-state index contributed by atoms with van der Waals surface area (Å²) in [6.45, 7) is 1.70. The van der Waals surface area contributed by atoms with Gasteiger partial charge in [0, 0.05) is 23.8 Å². The third kappa shape index (κ3) is 2.40. The summed E-state index contributed by atoms with van der Waals surface area (Å²) in [6.07, 6.45) is 4.00. The third-order valence-corrected chi connectivity index (χ3v) is 2.94. The molecule has 86 valence electrons. The van der Waals surface area contributed by atoms with Crippen molar-refractivity contribution in [2.75, 3.05) is 6.61 Å². The van der Waals surface area contributed by atoms with Gasteiger partial charge in [-0.3, -0.25) is 9.20 Å². The number of rotatable bonds is 4. The second-order valence-electron chi connectivity index (χ2n) is 3.65. The number of hydrogen-bond acceptors (Lipinski definition) is 4. The van der Waals surface area contributed by atoms with Crippen LogP contribution in [0.25, 0.3) is 4.96 Å². The Balaban J connectivity index is 1.99. The van der Waals surface area contributed by atoms with Crippen LogP contribution in [0.1, 0.15) is 12.6 Å². The molecule has 0 aliphatic rings. The summed E-state index contributed by atoms with van der Waals surface area (Å²) in [4.78, 5) is 16.7. The number of carbonyl (C=O) groups is 1. The molecule has 1 amide bonds. The molecule has 5 nitrogen and oxygen atoms in total. The fourth-order valence-electron chi connectivity index (χ4n) is 1.40. The number of aromatic nitrogens is 2. The molecule has 0 aromatic carbocycles. The van der Waals surface area contributed by atoms with E-state index in [2.05, 4.69) is 10.3 Å². The molecular weight excluding hydrogens is 226 g/mol. The van der Waals surface area contributed by atoms with E-state index in [0.29, 0.717) is 0 Å². The number of aliphatic hydroxyl groups is 1. The first kappa shape index (κ1) is 11.1. The highest BCUT2D eigenvalue weighted by Gasteiger charge is 2.10. The van der Waals surface area contributed by atoms with Crippen LogP contribution in [-0.2, 0) is 11.2 Å². The molecule has 2 aromatic rings. The lowest BCUT2D eigenvalue weighted by Crippen LogP contribution is -2.36. The Labute approximate surface area is 96.7 Å². The van der Waals surface area contributed by atoms with E-state index < -0.39 is 0 Å². The lowest BCUT2D eigenvalue weighted by atomic mass is 10.3. The van der Waals surface area contributed by atoms with Crippen LogP contribution in [0.2, 0.25) is 0 Å². The highest BCUT2D eigenvalue weighted by molar-refractivity contribution is 7.15. The van der Waals surface area contributed by atoms with Crippen molar-refractivity contribution in [1.29, 1.82) is 0 Å². The zero-order valence-corrected chi connectivity index (χ0v) is 9.70. The normalized spacial score (nSPS) is 12.9. The maximum Gasteiger partial charge on any atom is 0.226 e. The average molecular weight is 239 g/mol. The Morgan fingerprint density at radius 3 is 3.25 bits per heavy atom. The Kier molecular flexibility index (Phi) is 3.21. The van der Waals surface area contributed by atoms with Gasteiger partial charge in [-0.25, -0.2) is 4.98 Å². The molecule has 2 aromatic heterocycles. The second-order valence-corrected chi connectivity index (χ2v) is 4.53. The molecule has 2 heterocycles. The van der Waals surface area contributed by atoms with E-state index in [1.165, 1.54) is 11.3 Å². The van der Waals surface area contributed by atoms with Gasteiger partial charge in [-0.15, -0.1) is 11.3 Å². The number of nitrogens with one attached hydrogen (secondary N) is 1. The van der Waals surface area contributed by atoms with Crippen molar-refractivity contribution in [3.8, 4) is 0 Å². The van der Waals surface area contributed by atoms with E-state index in [-0.39, 0.29) is 25.0 Å². The van der Waals surface area contributed by atoms with Crippen molar-refractivity contribution in [1.82, 2.24) is 14.7 Å². The Bertz CT molecular complexity index is 462.